The van der Waals surface area contributed by atoms with Crippen molar-refractivity contribution in [2.45, 2.75) is 6.92 Å². The molecule has 0 aliphatic rings. The monoisotopic (exact) mass is 255 g/mol. The molecule has 2 N–H and O–H groups in total. The van der Waals surface area contributed by atoms with Gasteiger partial charge in [-0.25, -0.2) is 4.79 Å². The summed E-state index contributed by atoms with van der Waals surface area (Å²) in [5, 5.41) is 13.2. The fraction of sp³-hybridized carbons (Fsp3) is 0.0714. The first-order valence-corrected chi connectivity index (χ1v) is 5.72. The molecule has 0 fully saturated rings. The lowest BCUT2D eigenvalue weighted by molar-refractivity contribution is 0.0698. The molecule has 2 aromatic rings. The predicted octanol–water partition coefficient (Wildman–Crippen LogP) is 2.62. The van der Waals surface area contributed by atoms with Crippen LogP contribution >= 0.6 is 0 Å². The minimum Gasteiger partial charge on any atom is -0.478 e. The van der Waals surface area contributed by atoms with Crippen LogP contribution in [-0.2, 0) is 0 Å². The Bertz CT molecular complexity index is 609. The Morgan fingerprint density at radius 2 is 1.95 bits per heavy atom. The summed E-state index contributed by atoms with van der Waals surface area (Å²) < 4.78 is 0. The molecular formula is C14H13N3O2. The molecule has 2 rings (SSSR count). The standard InChI is InChI=1S/C14H13N3O2/c1-10(12-7-4-5-9-15-12)16-17-13-8-3-2-6-11(13)14(18)19/h2-9,17H,1H3,(H,18,19)/b16-10-. The lowest BCUT2D eigenvalue weighted by Gasteiger charge is -2.06. The molecule has 5 heteroatoms. The third-order valence-corrected chi connectivity index (χ3v) is 2.54. The Labute approximate surface area is 110 Å². The topological polar surface area (TPSA) is 74.6 Å². The van der Waals surface area contributed by atoms with Crippen LogP contribution in [0.25, 0.3) is 0 Å². The molecule has 0 spiro atoms. The van der Waals surface area contributed by atoms with Gasteiger partial charge in [-0.05, 0) is 31.2 Å². The molecular weight excluding hydrogens is 242 g/mol. The van der Waals surface area contributed by atoms with Crippen molar-refractivity contribution in [1.82, 2.24) is 4.98 Å². The van der Waals surface area contributed by atoms with Gasteiger partial charge in [0.25, 0.3) is 0 Å². The Kier molecular flexibility index (Phi) is 3.87. The Hall–Kier alpha value is -2.69. The highest BCUT2D eigenvalue weighted by Gasteiger charge is 2.08. The predicted molar refractivity (Wildman–Crippen MR) is 73.5 cm³/mol. The Balaban J connectivity index is 2.21. The number of hydrogen-bond donors (Lipinski definition) is 2. The van der Waals surface area contributed by atoms with Gasteiger partial charge in [0.1, 0.15) is 0 Å². The summed E-state index contributed by atoms with van der Waals surface area (Å²) in [6.45, 7) is 1.80. The fourth-order valence-electron chi connectivity index (χ4n) is 1.55. The molecule has 0 saturated carbocycles. The molecule has 1 heterocycles. The van der Waals surface area contributed by atoms with Crippen LogP contribution in [0.3, 0.4) is 0 Å². The Morgan fingerprint density at radius 3 is 2.63 bits per heavy atom. The maximum Gasteiger partial charge on any atom is 0.337 e. The molecule has 0 aliphatic carbocycles. The first-order valence-electron chi connectivity index (χ1n) is 5.72. The summed E-state index contributed by atoms with van der Waals surface area (Å²) in [6, 6.07) is 12.1. The van der Waals surface area contributed by atoms with E-state index in [-0.39, 0.29) is 5.56 Å². The normalized spacial score (nSPS) is 11.1. The van der Waals surface area contributed by atoms with E-state index in [1.54, 1.807) is 31.3 Å². The van der Waals surface area contributed by atoms with Crippen molar-refractivity contribution in [3.63, 3.8) is 0 Å². The van der Waals surface area contributed by atoms with Crippen LogP contribution in [-0.4, -0.2) is 21.8 Å². The maximum absolute atomic E-state index is 11.0. The highest BCUT2D eigenvalue weighted by molar-refractivity contribution is 5.98. The number of para-hydroxylation sites is 1. The van der Waals surface area contributed by atoms with Gasteiger partial charge < -0.3 is 5.11 Å². The van der Waals surface area contributed by atoms with Crippen LogP contribution in [0.2, 0.25) is 0 Å². The van der Waals surface area contributed by atoms with E-state index in [0.717, 1.165) is 5.69 Å². The van der Waals surface area contributed by atoms with Crippen molar-refractivity contribution >= 4 is 17.4 Å². The van der Waals surface area contributed by atoms with Crippen molar-refractivity contribution in [3.05, 3.63) is 59.9 Å². The number of pyridine rings is 1. The highest BCUT2D eigenvalue weighted by atomic mass is 16.4. The van der Waals surface area contributed by atoms with Crippen LogP contribution in [0.15, 0.2) is 53.8 Å². The molecule has 0 unspecified atom stereocenters. The number of nitrogens with zero attached hydrogens (tertiary/aromatic N) is 2. The van der Waals surface area contributed by atoms with Gasteiger partial charge in [0.15, 0.2) is 0 Å². The first kappa shape index (κ1) is 12.8. The van der Waals surface area contributed by atoms with Gasteiger partial charge in [-0.3, -0.25) is 10.4 Å². The minimum absolute atomic E-state index is 0.181. The number of carbonyl (C=O) groups is 1. The largest absolute Gasteiger partial charge is 0.478 e. The molecule has 0 bridgehead atoms. The highest BCUT2D eigenvalue weighted by Crippen LogP contribution is 2.14. The number of hydrazone groups is 1. The molecule has 0 aliphatic heterocycles. The summed E-state index contributed by atoms with van der Waals surface area (Å²) in [5.41, 5.74) is 4.81. The summed E-state index contributed by atoms with van der Waals surface area (Å²) in [7, 11) is 0. The van der Waals surface area contributed by atoms with E-state index in [1.165, 1.54) is 6.07 Å². The van der Waals surface area contributed by atoms with Crippen LogP contribution in [0.5, 0.6) is 0 Å². The first-order chi connectivity index (χ1) is 9.18. The Morgan fingerprint density at radius 1 is 1.21 bits per heavy atom. The van der Waals surface area contributed by atoms with E-state index in [1.807, 2.05) is 18.2 Å². The van der Waals surface area contributed by atoms with Gasteiger partial charge in [0.05, 0.1) is 22.7 Å². The number of benzene rings is 1. The minimum atomic E-state index is -0.992. The zero-order valence-corrected chi connectivity index (χ0v) is 10.4. The van der Waals surface area contributed by atoms with E-state index in [4.69, 9.17) is 5.11 Å². The number of hydrogen-bond acceptors (Lipinski definition) is 4. The van der Waals surface area contributed by atoms with Crippen molar-refractivity contribution in [3.8, 4) is 0 Å². The SMILES string of the molecule is C/C(=N/Nc1ccccc1C(=O)O)c1ccccn1. The van der Waals surface area contributed by atoms with Gasteiger partial charge in [-0.2, -0.15) is 5.10 Å². The van der Waals surface area contributed by atoms with Crippen molar-refractivity contribution in [2.75, 3.05) is 5.43 Å². The van der Waals surface area contributed by atoms with E-state index in [0.29, 0.717) is 11.4 Å². The number of carboxylic acids is 1. The molecule has 0 radical (unpaired) electrons. The smallest absolute Gasteiger partial charge is 0.337 e. The molecule has 1 aromatic carbocycles. The lowest BCUT2D eigenvalue weighted by Crippen LogP contribution is -2.05. The quantitative estimate of drug-likeness (QED) is 0.650. The summed E-state index contributed by atoms with van der Waals surface area (Å²) >= 11 is 0. The van der Waals surface area contributed by atoms with Crippen molar-refractivity contribution in [1.29, 1.82) is 0 Å². The van der Waals surface area contributed by atoms with Crippen LogP contribution in [0.4, 0.5) is 5.69 Å². The average Bonchev–Trinajstić information content (AvgIpc) is 2.46. The second kappa shape index (κ2) is 5.77. The van der Waals surface area contributed by atoms with Crippen LogP contribution in [0.1, 0.15) is 23.0 Å². The van der Waals surface area contributed by atoms with Crippen molar-refractivity contribution in [2.24, 2.45) is 5.10 Å². The summed E-state index contributed by atoms with van der Waals surface area (Å²) in [4.78, 5) is 15.2. The molecule has 5 nitrogen and oxygen atoms in total. The number of aromatic nitrogens is 1. The molecule has 19 heavy (non-hydrogen) atoms. The number of carboxylic acid groups (broad SMARTS) is 1. The molecule has 0 saturated heterocycles. The second-order valence-electron chi connectivity index (χ2n) is 3.87. The van der Waals surface area contributed by atoms with Crippen LogP contribution < -0.4 is 5.43 Å². The van der Waals surface area contributed by atoms with Gasteiger partial charge in [0.2, 0.25) is 0 Å². The van der Waals surface area contributed by atoms with Crippen LogP contribution in [0, 0.1) is 0 Å². The zero-order chi connectivity index (χ0) is 13.7. The number of nitrogens with one attached hydrogen (secondary N) is 1. The lowest BCUT2D eigenvalue weighted by atomic mass is 10.2. The van der Waals surface area contributed by atoms with Gasteiger partial charge in [0, 0.05) is 6.20 Å². The third kappa shape index (κ3) is 3.16. The molecule has 1 aromatic heterocycles. The average molecular weight is 255 g/mol. The summed E-state index contributed by atoms with van der Waals surface area (Å²) in [6.07, 6.45) is 1.68. The van der Waals surface area contributed by atoms with Gasteiger partial charge in [-0.1, -0.05) is 18.2 Å². The summed E-state index contributed by atoms with van der Waals surface area (Å²) in [5.74, 6) is -0.992. The van der Waals surface area contributed by atoms with E-state index in [9.17, 15) is 4.79 Å². The van der Waals surface area contributed by atoms with Gasteiger partial charge in [-0.15, -0.1) is 0 Å². The molecule has 0 atom stereocenters. The van der Waals surface area contributed by atoms with Crippen molar-refractivity contribution < 1.29 is 9.90 Å². The second-order valence-corrected chi connectivity index (χ2v) is 3.87. The van der Waals surface area contributed by atoms with E-state index < -0.39 is 5.97 Å². The van der Waals surface area contributed by atoms with E-state index >= 15 is 0 Å². The van der Waals surface area contributed by atoms with Gasteiger partial charge >= 0.3 is 5.97 Å². The molecule has 0 amide bonds. The third-order valence-electron chi connectivity index (χ3n) is 2.54. The molecule has 96 valence electrons. The number of rotatable bonds is 4. The van der Waals surface area contributed by atoms with E-state index in [2.05, 4.69) is 15.5 Å². The fourth-order valence-corrected chi connectivity index (χ4v) is 1.55. The number of anilines is 1. The number of aromatic carboxylic acids is 1. The zero-order valence-electron chi connectivity index (χ0n) is 10.4. The maximum atomic E-state index is 11.0.